The second-order valence-corrected chi connectivity index (χ2v) is 6.08. The van der Waals surface area contributed by atoms with Crippen LogP contribution in [0, 0.1) is 11.3 Å². The minimum absolute atomic E-state index is 0.132. The number of anilines is 1. The second-order valence-electron chi connectivity index (χ2n) is 6.08. The van der Waals surface area contributed by atoms with Crippen LogP contribution in [0.15, 0.2) is 24.3 Å². The molecule has 1 heterocycles. The number of rotatable bonds is 2. The number of aliphatic hydroxyl groups is 1. The summed E-state index contributed by atoms with van der Waals surface area (Å²) in [4.78, 5) is 2.42. The molecule has 17 heavy (non-hydrogen) atoms. The van der Waals surface area contributed by atoms with E-state index in [2.05, 4.69) is 37.8 Å². The van der Waals surface area contributed by atoms with Gasteiger partial charge in [-0.3, -0.25) is 0 Å². The molecule has 1 unspecified atom stereocenters. The number of hydrogen-bond donors (Lipinski definition) is 1. The molecule has 0 spiro atoms. The molecule has 0 saturated carbocycles. The van der Waals surface area contributed by atoms with Crippen molar-refractivity contribution in [2.24, 2.45) is 11.3 Å². The smallest absolute Gasteiger partial charge is 0.0702 e. The SMILES string of the molecule is CC(C)(C)C1CCN(c2ccccc2CO)C1. The molecule has 1 atom stereocenters. The maximum absolute atomic E-state index is 9.38. The second kappa shape index (κ2) is 4.69. The van der Waals surface area contributed by atoms with E-state index in [9.17, 15) is 5.11 Å². The van der Waals surface area contributed by atoms with Gasteiger partial charge in [-0.05, 0) is 23.8 Å². The molecule has 2 rings (SSSR count). The highest BCUT2D eigenvalue weighted by atomic mass is 16.3. The van der Waals surface area contributed by atoms with Gasteiger partial charge in [0.1, 0.15) is 0 Å². The number of benzene rings is 1. The Bertz CT molecular complexity index is 381. The summed E-state index contributed by atoms with van der Waals surface area (Å²) in [5.41, 5.74) is 2.63. The average Bonchev–Trinajstić information content (AvgIpc) is 2.77. The first-order chi connectivity index (χ1) is 8.02. The zero-order valence-electron chi connectivity index (χ0n) is 11.1. The summed E-state index contributed by atoms with van der Waals surface area (Å²) in [6, 6.07) is 8.18. The summed E-state index contributed by atoms with van der Waals surface area (Å²) in [6.45, 7) is 9.31. The third kappa shape index (κ3) is 2.63. The molecule has 0 bridgehead atoms. The maximum atomic E-state index is 9.38. The molecule has 1 aromatic carbocycles. The van der Waals surface area contributed by atoms with Gasteiger partial charge in [0.2, 0.25) is 0 Å². The van der Waals surface area contributed by atoms with E-state index in [0.29, 0.717) is 5.41 Å². The van der Waals surface area contributed by atoms with Crippen LogP contribution in [-0.4, -0.2) is 18.2 Å². The van der Waals surface area contributed by atoms with Crippen LogP contribution >= 0.6 is 0 Å². The first kappa shape index (κ1) is 12.4. The highest BCUT2D eigenvalue weighted by Gasteiger charge is 2.32. The molecule has 0 aliphatic carbocycles. The molecule has 0 amide bonds. The molecule has 0 radical (unpaired) electrons. The van der Waals surface area contributed by atoms with Crippen molar-refractivity contribution in [3.63, 3.8) is 0 Å². The fourth-order valence-corrected chi connectivity index (χ4v) is 2.64. The van der Waals surface area contributed by atoms with Crippen LogP contribution in [0.25, 0.3) is 0 Å². The van der Waals surface area contributed by atoms with Gasteiger partial charge in [-0.2, -0.15) is 0 Å². The molecule has 1 aliphatic heterocycles. The van der Waals surface area contributed by atoms with Gasteiger partial charge in [0.05, 0.1) is 6.61 Å². The molecule has 1 N–H and O–H groups in total. The van der Waals surface area contributed by atoms with E-state index in [1.807, 2.05) is 12.1 Å². The number of hydrogen-bond acceptors (Lipinski definition) is 2. The lowest BCUT2D eigenvalue weighted by molar-refractivity contribution is 0.263. The topological polar surface area (TPSA) is 23.5 Å². The lowest BCUT2D eigenvalue weighted by atomic mass is 9.80. The number of para-hydroxylation sites is 1. The third-order valence-corrected chi connectivity index (χ3v) is 3.92. The average molecular weight is 233 g/mol. The Morgan fingerprint density at radius 2 is 2.00 bits per heavy atom. The van der Waals surface area contributed by atoms with Gasteiger partial charge < -0.3 is 10.0 Å². The van der Waals surface area contributed by atoms with Gasteiger partial charge in [-0.1, -0.05) is 39.0 Å². The van der Waals surface area contributed by atoms with Crippen LogP contribution in [-0.2, 0) is 6.61 Å². The van der Waals surface area contributed by atoms with E-state index in [1.165, 1.54) is 12.1 Å². The maximum Gasteiger partial charge on any atom is 0.0702 e. The van der Waals surface area contributed by atoms with E-state index in [1.54, 1.807) is 0 Å². The molecule has 1 saturated heterocycles. The Kier molecular flexibility index (Phi) is 3.43. The first-order valence-corrected chi connectivity index (χ1v) is 6.46. The lowest BCUT2D eigenvalue weighted by Gasteiger charge is -2.28. The highest BCUT2D eigenvalue weighted by Crippen LogP contribution is 2.36. The van der Waals surface area contributed by atoms with E-state index >= 15 is 0 Å². The molecule has 1 aliphatic rings. The van der Waals surface area contributed by atoms with Crippen LogP contribution in [0.5, 0.6) is 0 Å². The normalized spacial score (nSPS) is 20.9. The molecule has 1 fully saturated rings. The minimum Gasteiger partial charge on any atom is -0.392 e. The first-order valence-electron chi connectivity index (χ1n) is 6.46. The van der Waals surface area contributed by atoms with Crippen molar-refractivity contribution >= 4 is 5.69 Å². The quantitative estimate of drug-likeness (QED) is 0.848. The van der Waals surface area contributed by atoms with Gasteiger partial charge in [0, 0.05) is 24.3 Å². The van der Waals surface area contributed by atoms with Crippen LogP contribution in [0.4, 0.5) is 5.69 Å². The van der Waals surface area contributed by atoms with Crippen molar-refractivity contribution in [3.05, 3.63) is 29.8 Å². The van der Waals surface area contributed by atoms with E-state index in [0.717, 1.165) is 24.6 Å². The van der Waals surface area contributed by atoms with Crippen LogP contribution in [0.3, 0.4) is 0 Å². The molecular weight excluding hydrogens is 210 g/mol. The molecule has 94 valence electrons. The van der Waals surface area contributed by atoms with Crippen molar-refractivity contribution in [1.82, 2.24) is 0 Å². The Hall–Kier alpha value is -1.02. The number of nitrogens with zero attached hydrogens (tertiary/aromatic N) is 1. The Morgan fingerprint density at radius 1 is 1.29 bits per heavy atom. The van der Waals surface area contributed by atoms with Gasteiger partial charge in [-0.15, -0.1) is 0 Å². The Labute approximate surface area is 104 Å². The van der Waals surface area contributed by atoms with Gasteiger partial charge in [0.25, 0.3) is 0 Å². The standard InChI is InChI=1S/C15H23NO/c1-15(2,3)13-8-9-16(10-13)14-7-5-4-6-12(14)11-17/h4-7,13,17H,8-11H2,1-3H3. The van der Waals surface area contributed by atoms with Crippen molar-refractivity contribution in [2.45, 2.75) is 33.8 Å². The molecule has 2 heteroatoms. The van der Waals surface area contributed by atoms with Crippen LogP contribution in [0.1, 0.15) is 32.8 Å². The van der Waals surface area contributed by atoms with Crippen LogP contribution in [0.2, 0.25) is 0 Å². The van der Waals surface area contributed by atoms with Crippen LogP contribution < -0.4 is 4.90 Å². The van der Waals surface area contributed by atoms with Crippen molar-refractivity contribution in [3.8, 4) is 0 Å². The summed E-state index contributed by atoms with van der Waals surface area (Å²) in [7, 11) is 0. The molecule has 2 nitrogen and oxygen atoms in total. The largest absolute Gasteiger partial charge is 0.392 e. The summed E-state index contributed by atoms with van der Waals surface area (Å²) in [5.74, 6) is 0.745. The van der Waals surface area contributed by atoms with Crippen molar-refractivity contribution in [2.75, 3.05) is 18.0 Å². The van der Waals surface area contributed by atoms with Gasteiger partial charge in [0.15, 0.2) is 0 Å². The zero-order chi connectivity index (χ0) is 12.5. The lowest BCUT2D eigenvalue weighted by Crippen LogP contribution is -2.26. The third-order valence-electron chi connectivity index (χ3n) is 3.92. The van der Waals surface area contributed by atoms with E-state index in [4.69, 9.17) is 0 Å². The Balaban J connectivity index is 2.15. The predicted octanol–water partition coefficient (Wildman–Crippen LogP) is 3.05. The summed E-state index contributed by atoms with van der Waals surface area (Å²) < 4.78 is 0. The van der Waals surface area contributed by atoms with E-state index in [-0.39, 0.29) is 6.61 Å². The predicted molar refractivity (Wildman–Crippen MR) is 72.1 cm³/mol. The minimum atomic E-state index is 0.132. The molecule has 0 aromatic heterocycles. The van der Waals surface area contributed by atoms with Crippen molar-refractivity contribution < 1.29 is 5.11 Å². The highest BCUT2D eigenvalue weighted by molar-refractivity contribution is 5.54. The zero-order valence-corrected chi connectivity index (χ0v) is 11.1. The van der Waals surface area contributed by atoms with Gasteiger partial charge in [-0.25, -0.2) is 0 Å². The summed E-state index contributed by atoms with van der Waals surface area (Å²) in [6.07, 6.45) is 1.25. The van der Waals surface area contributed by atoms with Crippen molar-refractivity contribution in [1.29, 1.82) is 0 Å². The fraction of sp³-hybridized carbons (Fsp3) is 0.600. The molecule has 1 aromatic rings. The number of aliphatic hydroxyl groups excluding tert-OH is 1. The van der Waals surface area contributed by atoms with Gasteiger partial charge >= 0.3 is 0 Å². The van der Waals surface area contributed by atoms with E-state index < -0.39 is 0 Å². The summed E-state index contributed by atoms with van der Waals surface area (Å²) in [5, 5.41) is 9.38. The monoisotopic (exact) mass is 233 g/mol. The molecular formula is C15H23NO. The summed E-state index contributed by atoms with van der Waals surface area (Å²) >= 11 is 0. The Morgan fingerprint density at radius 3 is 2.59 bits per heavy atom. The fourth-order valence-electron chi connectivity index (χ4n) is 2.64.